The molecule has 0 atom stereocenters. The van der Waals surface area contributed by atoms with Crippen LogP contribution in [0.2, 0.25) is 10.0 Å². The Morgan fingerprint density at radius 2 is 1.77 bits per heavy atom. The first-order chi connectivity index (χ1) is 14.9. The summed E-state index contributed by atoms with van der Waals surface area (Å²) in [5.41, 5.74) is 2.09. The summed E-state index contributed by atoms with van der Waals surface area (Å²) in [6, 6.07) is 19.8. The van der Waals surface area contributed by atoms with Crippen LogP contribution < -0.4 is 10.1 Å². The van der Waals surface area contributed by atoms with E-state index < -0.39 is 5.91 Å². The number of amides is 1. The standard InChI is InChI=1S/C23H14Br2Cl2N2O2/c24-17-4-1-14(2-5-17)13-31-22-8-3-15(10-19(22)25)9-16(12-28)23(30)29-18-6-7-20(26)21(27)11-18/h1-11H,13H2,(H,29,30)/b16-9+. The van der Waals surface area contributed by atoms with Crippen molar-refractivity contribution in [1.29, 1.82) is 5.26 Å². The van der Waals surface area contributed by atoms with Crippen molar-refractivity contribution in [2.24, 2.45) is 0 Å². The van der Waals surface area contributed by atoms with Crippen LogP contribution in [0.1, 0.15) is 11.1 Å². The molecule has 3 rings (SSSR count). The van der Waals surface area contributed by atoms with Gasteiger partial charge in [-0.15, -0.1) is 0 Å². The van der Waals surface area contributed by atoms with Crippen molar-refractivity contribution in [3.63, 3.8) is 0 Å². The lowest BCUT2D eigenvalue weighted by Gasteiger charge is -2.09. The molecule has 0 saturated carbocycles. The summed E-state index contributed by atoms with van der Waals surface area (Å²) in [4.78, 5) is 12.5. The average molecular weight is 581 g/mol. The van der Waals surface area contributed by atoms with Gasteiger partial charge in [0.1, 0.15) is 24.0 Å². The van der Waals surface area contributed by atoms with E-state index in [1.54, 1.807) is 30.3 Å². The van der Waals surface area contributed by atoms with Crippen molar-refractivity contribution in [3.05, 3.63) is 96.4 Å². The summed E-state index contributed by atoms with van der Waals surface area (Å²) in [7, 11) is 0. The second-order valence-electron chi connectivity index (χ2n) is 6.36. The van der Waals surface area contributed by atoms with E-state index in [1.807, 2.05) is 30.3 Å². The average Bonchev–Trinajstić information content (AvgIpc) is 2.75. The third-order valence-corrected chi connectivity index (χ3v) is 6.00. The molecule has 1 N–H and O–H groups in total. The molecule has 0 aromatic heterocycles. The van der Waals surface area contributed by atoms with E-state index in [9.17, 15) is 10.1 Å². The second-order valence-corrected chi connectivity index (χ2v) is 8.94. The first-order valence-electron chi connectivity index (χ1n) is 8.90. The Balaban J connectivity index is 1.70. The third-order valence-electron chi connectivity index (χ3n) is 4.12. The van der Waals surface area contributed by atoms with Gasteiger partial charge in [-0.1, -0.05) is 57.3 Å². The molecule has 0 aliphatic heterocycles. The highest BCUT2D eigenvalue weighted by molar-refractivity contribution is 9.10. The summed E-state index contributed by atoms with van der Waals surface area (Å²) in [6.45, 7) is 0.413. The zero-order valence-electron chi connectivity index (χ0n) is 15.8. The van der Waals surface area contributed by atoms with Crippen molar-refractivity contribution in [2.45, 2.75) is 6.61 Å². The maximum atomic E-state index is 12.5. The zero-order chi connectivity index (χ0) is 22.4. The van der Waals surface area contributed by atoms with Crippen LogP contribution in [0.15, 0.2) is 75.2 Å². The highest BCUT2D eigenvalue weighted by atomic mass is 79.9. The quantitative estimate of drug-likeness (QED) is 0.241. The maximum absolute atomic E-state index is 12.5. The number of halogens is 4. The molecule has 1 amide bonds. The first-order valence-corrected chi connectivity index (χ1v) is 11.2. The molecule has 0 radical (unpaired) electrons. The molecule has 0 aliphatic carbocycles. The van der Waals surface area contributed by atoms with Gasteiger partial charge in [-0.05, 0) is 75.6 Å². The highest BCUT2D eigenvalue weighted by Crippen LogP contribution is 2.28. The highest BCUT2D eigenvalue weighted by Gasteiger charge is 2.11. The number of hydrogen-bond donors (Lipinski definition) is 1. The minimum Gasteiger partial charge on any atom is -0.488 e. The Morgan fingerprint density at radius 1 is 1.03 bits per heavy atom. The van der Waals surface area contributed by atoms with E-state index in [4.69, 9.17) is 27.9 Å². The van der Waals surface area contributed by atoms with Gasteiger partial charge >= 0.3 is 0 Å². The number of nitriles is 1. The van der Waals surface area contributed by atoms with E-state index >= 15 is 0 Å². The second kappa shape index (κ2) is 10.8. The molecular formula is C23H14Br2Cl2N2O2. The molecule has 0 aliphatic rings. The van der Waals surface area contributed by atoms with E-state index in [0.717, 1.165) is 10.0 Å². The summed E-state index contributed by atoms with van der Waals surface area (Å²) in [5, 5.41) is 12.7. The molecule has 3 aromatic rings. The largest absolute Gasteiger partial charge is 0.488 e. The molecule has 0 heterocycles. The van der Waals surface area contributed by atoms with Crippen molar-refractivity contribution >= 4 is 72.7 Å². The Morgan fingerprint density at radius 3 is 2.42 bits per heavy atom. The number of nitrogens with zero attached hydrogens (tertiary/aromatic N) is 1. The molecule has 8 heteroatoms. The van der Waals surface area contributed by atoms with Crippen LogP contribution in [0.4, 0.5) is 5.69 Å². The lowest BCUT2D eigenvalue weighted by Crippen LogP contribution is -2.13. The summed E-state index contributed by atoms with van der Waals surface area (Å²) in [5.74, 6) is 0.103. The first kappa shape index (κ1) is 23.4. The molecule has 0 fully saturated rings. The molecule has 0 saturated heterocycles. The normalized spacial score (nSPS) is 11.0. The Kier molecular flexibility index (Phi) is 8.16. The summed E-state index contributed by atoms with van der Waals surface area (Å²) < 4.78 is 7.56. The fourth-order valence-electron chi connectivity index (χ4n) is 2.55. The lowest BCUT2D eigenvalue weighted by molar-refractivity contribution is -0.112. The Labute approximate surface area is 206 Å². The van der Waals surface area contributed by atoms with Gasteiger partial charge in [-0.3, -0.25) is 4.79 Å². The lowest BCUT2D eigenvalue weighted by atomic mass is 10.1. The Bertz CT molecular complexity index is 1190. The van der Waals surface area contributed by atoms with E-state index in [2.05, 4.69) is 37.2 Å². The third kappa shape index (κ3) is 6.59. The van der Waals surface area contributed by atoms with Crippen LogP contribution in [0.5, 0.6) is 5.75 Å². The number of hydrogen-bond acceptors (Lipinski definition) is 3. The maximum Gasteiger partial charge on any atom is 0.266 e. The number of rotatable bonds is 6. The van der Waals surface area contributed by atoms with Gasteiger partial charge in [0.25, 0.3) is 5.91 Å². The topological polar surface area (TPSA) is 62.1 Å². The van der Waals surface area contributed by atoms with Gasteiger partial charge in [-0.25, -0.2) is 0 Å². The van der Waals surface area contributed by atoms with Crippen LogP contribution in [0.25, 0.3) is 6.08 Å². The van der Waals surface area contributed by atoms with Crippen LogP contribution in [-0.4, -0.2) is 5.91 Å². The SMILES string of the molecule is N#C/C(=C\c1ccc(OCc2ccc(Br)cc2)c(Br)c1)C(=O)Nc1ccc(Cl)c(Cl)c1. The van der Waals surface area contributed by atoms with Gasteiger partial charge in [-0.2, -0.15) is 5.26 Å². The van der Waals surface area contributed by atoms with Gasteiger partial charge in [0.15, 0.2) is 0 Å². The molecule has 3 aromatic carbocycles. The van der Waals surface area contributed by atoms with Gasteiger partial charge < -0.3 is 10.1 Å². The Hall–Kier alpha value is -2.30. The van der Waals surface area contributed by atoms with Gasteiger partial charge in [0.05, 0.1) is 14.5 Å². The van der Waals surface area contributed by atoms with Crippen LogP contribution in [0.3, 0.4) is 0 Å². The van der Waals surface area contributed by atoms with Crippen molar-refractivity contribution in [1.82, 2.24) is 0 Å². The van der Waals surface area contributed by atoms with Crippen LogP contribution in [-0.2, 0) is 11.4 Å². The molecule has 0 spiro atoms. The number of anilines is 1. The van der Waals surface area contributed by atoms with E-state index in [-0.39, 0.29) is 5.57 Å². The fourth-order valence-corrected chi connectivity index (χ4v) is 3.63. The van der Waals surface area contributed by atoms with Gasteiger partial charge in [0.2, 0.25) is 0 Å². The van der Waals surface area contributed by atoms with Crippen LogP contribution in [0, 0.1) is 11.3 Å². The minimum atomic E-state index is -0.549. The molecular weight excluding hydrogens is 567 g/mol. The number of ether oxygens (including phenoxy) is 1. The number of carbonyl (C=O) groups excluding carboxylic acids is 1. The van der Waals surface area contributed by atoms with E-state index in [1.165, 1.54) is 12.1 Å². The van der Waals surface area contributed by atoms with Crippen molar-refractivity contribution < 1.29 is 9.53 Å². The minimum absolute atomic E-state index is 0.0542. The van der Waals surface area contributed by atoms with Crippen LogP contribution >= 0.6 is 55.1 Å². The molecule has 4 nitrogen and oxygen atoms in total. The molecule has 31 heavy (non-hydrogen) atoms. The smallest absolute Gasteiger partial charge is 0.266 e. The van der Waals surface area contributed by atoms with Crippen molar-refractivity contribution in [3.8, 4) is 11.8 Å². The summed E-state index contributed by atoms with van der Waals surface area (Å²) >= 11 is 18.7. The molecule has 0 bridgehead atoms. The fraction of sp³-hybridized carbons (Fsp3) is 0.0435. The number of benzene rings is 3. The molecule has 0 unspecified atom stereocenters. The number of nitrogens with one attached hydrogen (secondary N) is 1. The summed E-state index contributed by atoms with van der Waals surface area (Å²) in [6.07, 6.45) is 1.50. The molecule has 156 valence electrons. The van der Waals surface area contributed by atoms with Gasteiger partial charge in [0, 0.05) is 10.2 Å². The zero-order valence-corrected chi connectivity index (χ0v) is 20.5. The monoisotopic (exact) mass is 578 g/mol. The predicted octanol–water partition coefficient (Wildman–Crippen LogP) is 7.64. The van der Waals surface area contributed by atoms with Crippen molar-refractivity contribution in [2.75, 3.05) is 5.32 Å². The number of carbonyl (C=O) groups is 1. The van der Waals surface area contributed by atoms with E-state index in [0.29, 0.717) is 38.1 Å². The predicted molar refractivity (Wildman–Crippen MR) is 131 cm³/mol.